The largest absolute Gasteiger partial charge is 0.492 e. The van der Waals surface area contributed by atoms with Crippen LogP contribution in [0.25, 0.3) is 10.9 Å². The van der Waals surface area contributed by atoms with Crippen LogP contribution in [0.2, 0.25) is 0 Å². The van der Waals surface area contributed by atoms with E-state index >= 15 is 0 Å². The Balaban J connectivity index is 1.58. The molecule has 7 nitrogen and oxygen atoms in total. The summed E-state index contributed by atoms with van der Waals surface area (Å²) in [5, 5.41) is 16.3. The summed E-state index contributed by atoms with van der Waals surface area (Å²) in [4.78, 5) is 24.2. The van der Waals surface area contributed by atoms with Gasteiger partial charge in [0.15, 0.2) is 0 Å². The molecule has 0 aliphatic carbocycles. The van der Waals surface area contributed by atoms with Crippen LogP contribution in [0.5, 0.6) is 5.75 Å². The smallest absolute Gasteiger partial charge is 0.313 e. The van der Waals surface area contributed by atoms with Crippen LogP contribution in [-0.2, 0) is 16.6 Å². The van der Waals surface area contributed by atoms with Gasteiger partial charge in [-0.05, 0) is 48.2 Å². The Hall–Kier alpha value is -3.32. The van der Waals surface area contributed by atoms with Crippen molar-refractivity contribution < 1.29 is 19.4 Å². The molecule has 2 amide bonds. The van der Waals surface area contributed by atoms with Crippen molar-refractivity contribution in [3.63, 3.8) is 0 Å². The van der Waals surface area contributed by atoms with Crippen molar-refractivity contribution in [3.8, 4) is 5.75 Å². The van der Waals surface area contributed by atoms with E-state index in [0.717, 1.165) is 10.9 Å². The van der Waals surface area contributed by atoms with Gasteiger partial charge in [-0.2, -0.15) is 0 Å². The molecule has 7 heteroatoms. The summed E-state index contributed by atoms with van der Waals surface area (Å²) in [5.41, 5.74) is 2.13. The van der Waals surface area contributed by atoms with Crippen molar-refractivity contribution >= 4 is 28.4 Å². The number of nitrogens with one attached hydrogen (secondary N) is 2. The van der Waals surface area contributed by atoms with Gasteiger partial charge in [-0.15, -0.1) is 0 Å². The van der Waals surface area contributed by atoms with Crippen LogP contribution in [0.1, 0.15) is 18.6 Å². The van der Waals surface area contributed by atoms with Crippen molar-refractivity contribution in [3.05, 3.63) is 60.3 Å². The quantitative estimate of drug-likeness (QED) is 0.572. The number of para-hydroxylation sites is 2. The zero-order valence-electron chi connectivity index (χ0n) is 15.8. The monoisotopic (exact) mass is 381 g/mol. The van der Waals surface area contributed by atoms with Crippen molar-refractivity contribution in [1.82, 2.24) is 9.88 Å². The van der Waals surface area contributed by atoms with E-state index in [0.29, 0.717) is 23.6 Å². The number of aryl methyl sites for hydroxylation is 1. The van der Waals surface area contributed by atoms with Crippen molar-refractivity contribution in [2.45, 2.75) is 13.0 Å². The lowest BCUT2D eigenvalue weighted by Crippen LogP contribution is -2.37. The highest BCUT2D eigenvalue weighted by Crippen LogP contribution is 2.23. The molecule has 146 valence electrons. The molecule has 0 bridgehead atoms. The zero-order chi connectivity index (χ0) is 20.1. The summed E-state index contributed by atoms with van der Waals surface area (Å²) >= 11 is 0. The van der Waals surface area contributed by atoms with Gasteiger partial charge in [0.25, 0.3) is 0 Å². The number of hydrogen-bond donors (Lipinski definition) is 3. The number of carbonyl (C=O) groups is 2. The van der Waals surface area contributed by atoms with Gasteiger partial charge in [0.05, 0.1) is 18.4 Å². The minimum atomic E-state index is -0.919. The Bertz CT molecular complexity index is 996. The van der Waals surface area contributed by atoms with Crippen molar-refractivity contribution in [2.75, 3.05) is 18.5 Å². The molecule has 1 unspecified atom stereocenters. The van der Waals surface area contributed by atoms with Crippen molar-refractivity contribution in [1.29, 1.82) is 0 Å². The first kappa shape index (κ1) is 19.4. The maximum atomic E-state index is 12.1. The highest BCUT2D eigenvalue weighted by Gasteiger charge is 2.17. The number of benzene rings is 2. The molecule has 1 aromatic heterocycles. The molecule has 1 heterocycles. The molecule has 0 saturated heterocycles. The first-order chi connectivity index (χ1) is 13.5. The first-order valence-electron chi connectivity index (χ1n) is 9.03. The minimum absolute atomic E-state index is 0.0717. The molecule has 0 aliphatic heterocycles. The summed E-state index contributed by atoms with van der Waals surface area (Å²) in [6.45, 7) is 2.20. The summed E-state index contributed by atoms with van der Waals surface area (Å²) in [5.74, 6) is -1.16. The van der Waals surface area contributed by atoms with Gasteiger partial charge < -0.3 is 25.0 Å². The Morgan fingerprint density at radius 2 is 1.93 bits per heavy atom. The molecule has 0 aliphatic rings. The van der Waals surface area contributed by atoms with Gasteiger partial charge in [0.2, 0.25) is 0 Å². The van der Waals surface area contributed by atoms with Gasteiger partial charge in [0.1, 0.15) is 5.75 Å². The van der Waals surface area contributed by atoms with Gasteiger partial charge in [-0.3, -0.25) is 9.59 Å². The molecule has 3 N–H and O–H groups in total. The molecule has 2 aromatic carbocycles. The van der Waals surface area contributed by atoms with E-state index in [-0.39, 0.29) is 6.54 Å². The van der Waals surface area contributed by atoms with Gasteiger partial charge in [-0.25, -0.2) is 0 Å². The van der Waals surface area contributed by atoms with Crippen LogP contribution in [0.4, 0.5) is 5.69 Å². The Kier molecular flexibility index (Phi) is 5.96. The van der Waals surface area contributed by atoms with E-state index in [2.05, 4.69) is 10.6 Å². The molecule has 0 fully saturated rings. The molecular formula is C21H23N3O4. The fraction of sp³-hybridized carbons (Fsp3) is 0.238. The van der Waals surface area contributed by atoms with E-state index in [1.807, 2.05) is 42.9 Å². The van der Waals surface area contributed by atoms with Gasteiger partial charge in [-0.1, -0.05) is 18.2 Å². The van der Waals surface area contributed by atoms with E-state index < -0.39 is 17.9 Å². The lowest BCUT2D eigenvalue weighted by molar-refractivity contribution is -0.136. The van der Waals surface area contributed by atoms with Gasteiger partial charge >= 0.3 is 11.8 Å². The second-order valence-corrected chi connectivity index (χ2v) is 6.35. The number of fused-ring (bicyclic) bond motifs is 1. The van der Waals surface area contributed by atoms with Crippen LogP contribution in [0.3, 0.4) is 0 Å². The summed E-state index contributed by atoms with van der Waals surface area (Å²) in [7, 11) is 1.95. The molecule has 0 spiro atoms. The molecule has 1 atom stereocenters. The first-order valence-corrected chi connectivity index (χ1v) is 9.03. The number of aliphatic hydroxyl groups excluding tert-OH is 1. The lowest BCUT2D eigenvalue weighted by Gasteiger charge is -2.14. The number of amides is 2. The van der Waals surface area contributed by atoms with Gasteiger partial charge in [0, 0.05) is 25.3 Å². The zero-order valence-corrected chi connectivity index (χ0v) is 15.8. The Morgan fingerprint density at radius 1 is 1.14 bits per heavy atom. The van der Waals surface area contributed by atoms with E-state index in [9.17, 15) is 14.7 Å². The predicted octanol–water partition coefficient (Wildman–Crippen LogP) is 2.37. The molecule has 3 rings (SSSR count). The summed E-state index contributed by atoms with van der Waals surface area (Å²) in [6.07, 6.45) is 1.02. The molecular weight excluding hydrogens is 358 g/mol. The van der Waals surface area contributed by atoms with Crippen LogP contribution < -0.4 is 15.4 Å². The Labute approximate surface area is 162 Å². The highest BCUT2D eigenvalue weighted by molar-refractivity contribution is 6.39. The standard InChI is InChI=1S/C21H23N3O4/c1-3-28-19-7-5-4-6-16(19)23-21(27)20(26)22-13-18(25)15-8-9-17-14(12-15)10-11-24(17)2/h4-12,18,25H,3,13H2,1-2H3,(H,22,26)(H,23,27). The van der Waals surface area contributed by atoms with Crippen molar-refractivity contribution in [2.24, 2.45) is 7.05 Å². The van der Waals surface area contributed by atoms with E-state index in [1.165, 1.54) is 0 Å². The third-order valence-corrected chi connectivity index (χ3v) is 4.39. The number of aromatic nitrogens is 1. The topological polar surface area (TPSA) is 92.6 Å². The summed E-state index contributed by atoms with van der Waals surface area (Å²) in [6, 6.07) is 14.4. The van der Waals surface area contributed by atoms with E-state index in [1.54, 1.807) is 30.3 Å². The second-order valence-electron chi connectivity index (χ2n) is 6.35. The number of aliphatic hydroxyl groups is 1. The lowest BCUT2D eigenvalue weighted by atomic mass is 10.1. The third-order valence-electron chi connectivity index (χ3n) is 4.39. The van der Waals surface area contributed by atoms with Crippen LogP contribution >= 0.6 is 0 Å². The molecule has 3 aromatic rings. The fourth-order valence-corrected chi connectivity index (χ4v) is 2.93. The second kappa shape index (κ2) is 8.58. The maximum Gasteiger partial charge on any atom is 0.313 e. The highest BCUT2D eigenvalue weighted by atomic mass is 16.5. The van der Waals surface area contributed by atoms with E-state index in [4.69, 9.17) is 4.74 Å². The number of anilines is 1. The van der Waals surface area contributed by atoms with Crippen LogP contribution in [0.15, 0.2) is 54.7 Å². The van der Waals surface area contributed by atoms with Crippen LogP contribution in [-0.4, -0.2) is 34.6 Å². The summed E-state index contributed by atoms with van der Waals surface area (Å²) < 4.78 is 7.41. The number of ether oxygens (including phenoxy) is 1. The molecule has 0 saturated carbocycles. The molecule has 0 radical (unpaired) electrons. The molecule has 28 heavy (non-hydrogen) atoms. The Morgan fingerprint density at radius 3 is 2.71 bits per heavy atom. The SMILES string of the molecule is CCOc1ccccc1NC(=O)C(=O)NCC(O)c1ccc2c(ccn2C)c1. The number of nitrogens with zero attached hydrogens (tertiary/aromatic N) is 1. The third kappa shape index (κ3) is 4.32. The average Bonchev–Trinajstić information content (AvgIpc) is 3.07. The van der Waals surface area contributed by atoms with Crippen LogP contribution in [0, 0.1) is 0 Å². The average molecular weight is 381 g/mol. The number of rotatable bonds is 6. The maximum absolute atomic E-state index is 12.1. The number of hydrogen-bond acceptors (Lipinski definition) is 4. The minimum Gasteiger partial charge on any atom is -0.492 e. The number of carbonyl (C=O) groups excluding carboxylic acids is 2. The predicted molar refractivity (Wildman–Crippen MR) is 107 cm³/mol. The normalized spacial score (nSPS) is 11.8. The fourth-order valence-electron chi connectivity index (χ4n) is 2.93.